The lowest BCUT2D eigenvalue weighted by molar-refractivity contribution is 0.470. The van der Waals surface area contributed by atoms with Crippen LogP contribution in [0.1, 0.15) is 34.9 Å². The largest absolute Gasteiger partial charge is 0.464 e. The molecule has 0 fully saturated rings. The van der Waals surface area contributed by atoms with E-state index in [0.717, 1.165) is 24.3 Å². The third kappa shape index (κ3) is 2.41. The average molecular weight is 271 g/mol. The molecule has 1 heterocycles. The van der Waals surface area contributed by atoms with Gasteiger partial charge in [0.1, 0.15) is 28.5 Å². The Labute approximate surface area is 109 Å². The van der Waals surface area contributed by atoms with Gasteiger partial charge in [0.2, 0.25) is 0 Å². The maximum atomic E-state index is 13.8. The molecule has 1 atom stereocenters. The highest BCUT2D eigenvalue weighted by Gasteiger charge is 2.20. The molecule has 0 spiro atoms. The smallest absolute Gasteiger partial charge is 0.128 e. The lowest BCUT2D eigenvalue weighted by atomic mass is 10.1. The summed E-state index contributed by atoms with van der Waals surface area (Å²) in [6.07, 6.45) is 0.731. The van der Waals surface area contributed by atoms with E-state index >= 15 is 0 Å². The van der Waals surface area contributed by atoms with E-state index in [1.54, 1.807) is 12.1 Å². The highest BCUT2D eigenvalue weighted by molar-refractivity contribution is 6.22. The number of alkyl halides is 1. The molecule has 0 radical (unpaired) electrons. The molecular formula is C14H13ClF2O. The molecule has 0 amide bonds. The van der Waals surface area contributed by atoms with E-state index in [4.69, 9.17) is 16.0 Å². The second-order valence-corrected chi connectivity index (χ2v) is 4.58. The van der Waals surface area contributed by atoms with Crippen LogP contribution in [0.25, 0.3) is 0 Å². The molecule has 0 aliphatic heterocycles. The molecule has 0 saturated carbocycles. The van der Waals surface area contributed by atoms with Gasteiger partial charge in [-0.25, -0.2) is 8.78 Å². The number of aryl methyl sites for hydroxylation is 2. The first-order valence-corrected chi connectivity index (χ1v) is 6.14. The summed E-state index contributed by atoms with van der Waals surface area (Å²) < 4.78 is 32.7. The normalized spacial score (nSPS) is 12.7. The van der Waals surface area contributed by atoms with Crippen LogP contribution in [0, 0.1) is 18.6 Å². The van der Waals surface area contributed by atoms with E-state index in [-0.39, 0.29) is 11.1 Å². The molecule has 96 valence electrons. The second kappa shape index (κ2) is 5.11. The van der Waals surface area contributed by atoms with Crippen molar-refractivity contribution in [3.8, 4) is 0 Å². The minimum atomic E-state index is -0.819. The molecule has 18 heavy (non-hydrogen) atoms. The summed E-state index contributed by atoms with van der Waals surface area (Å²) >= 11 is 6.13. The average Bonchev–Trinajstić information content (AvgIpc) is 2.81. The summed E-state index contributed by atoms with van der Waals surface area (Å²) in [5, 5.41) is -0.819. The van der Waals surface area contributed by atoms with Gasteiger partial charge < -0.3 is 4.42 Å². The Hall–Kier alpha value is -1.35. The van der Waals surface area contributed by atoms with Crippen LogP contribution in [-0.2, 0) is 6.42 Å². The fourth-order valence-corrected chi connectivity index (χ4v) is 2.01. The van der Waals surface area contributed by atoms with Crippen LogP contribution in [0.3, 0.4) is 0 Å². The van der Waals surface area contributed by atoms with E-state index in [9.17, 15) is 8.78 Å². The Morgan fingerprint density at radius 2 is 1.94 bits per heavy atom. The Morgan fingerprint density at radius 3 is 2.56 bits per heavy atom. The number of hydrogen-bond acceptors (Lipinski definition) is 1. The zero-order valence-corrected chi connectivity index (χ0v) is 10.9. The Morgan fingerprint density at radius 1 is 1.22 bits per heavy atom. The maximum Gasteiger partial charge on any atom is 0.128 e. The van der Waals surface area contributed by atoms with Gasteiger partial charge in [0.05, 0.1) is 0 Å². The SMILES string of the molecule is CCc1ccc(C(Cl)c2cc(F)c(C)cc2F)o1. The van der Waals surface area contributed by atoms with Gasteiger partial charge in [-0.05, 0) is 36.8 Å². The van der Waals surface area contributed by atoms with Gasteiger partial charge in [0.15, 0.2) is 0 Å². The van der Waals surface area contributed by atoms with E-state index in [2.05, 4.69) is 0 Å². The summed E-state index contributed by atoms with van der Waals surface area (Å²) in [7, 11) is 0. The van der Waals surface area contributed by atoms with Crippen molar-refractivity contribution in [3.05, 3.63) is 58.5 Å². The van der Waals surface area contributed by atoms with E-state index in [1.807, 2.05) is 6.92 Å². The van der Waals surface area contributed by atoms with Crippen molar-refractivity contribution < 1.29 is 13.2 Å². The van der Waals surface area contributed by atoms with E-state index in [1.165, 1.54) is 6.92 Å². The Bertz CT molecular complexity index is 563. The predicted octanol–water partition coefficient (Wildman–Crippen LogP) is 4.76. The van der Waals surface area contributed by atoms with Crippen molar-refractivity contribution in [2.45, 2.75) is 25.6 Å². The van der Waals surface area contributed by atoms with Crippen molar-refractivity contribution in [2.75, 3.05) is 0 Å². The summed E-state index contributed by atoms with van der Waals surface area (Å²) in [5.74, 6) is 0.196. The molecule has 2 aromatic rings. The zero-order valence-electron chi connectivity index (χ0n) is 10.1. The number of benzene rings is 1. The molecule has 0 N–H and O–H groups in total. The molecule has 0 aliphatic rings. The van der Waals surface area contributed by atoms with E-state index in [0.29, 0.717) is 5.76 Å². The minimum absolute atomic E-state index is 0.0942. The lowest BCUT2D eigenvalue weighted by Crippen LogP contribution is -1.98. The number of halogens is 3. The first kappa shape index (κ1) is 13.1. The maximum absolute atomic E-state index is 13.8. The van der Waals surface area contributed by atoms with E-state index < -0.39 is 17.0 Å². The molecule has 0 bridgehead atoms. The highest BCUT2D eigenvalue weighted by atomic mass is 35.5. The second-order valence-electron chi connectivity index (χ2n) is 4.14. The molecule has 1 nitrogen and oxygen atoms in total. The van der Waals surface area contributed by atoms with Gasteiger partial charge in [-0.15, -0.1) is 11.6 Å². The molecule has 1 aromatic carbocycles. The Kier molecular flexibility index (Phi) is 3.71. The molecular weight excluding hydrogens is 258 g/mol. The number of rotatable bonds is 3. The topological polar surface area (TPSA) is 13.1 Å². The first-order chi connectivity index (χ1) is 8.52. The van der Waals surface area contributed by atoms with Crippen LogP contribution >= 0.6 is 11.6 Å². The minimum Gasteiger partial charge on any atom is -0.464 e. The van der Waals surface area contributed by atoms with Crippen LogP contribution in [0.4, 0.5) is 8.78 Å². The molecule has 2 rings (SSSR count). The summed E-state index contributed by atoms with van der Waals surface area (Å²) in [6.45, 7) is 3.45. The van der Waals surface area contributed by atoms with Gasteiger partial charge in [-0.2, -0.15) is 0 Å². The van der Waals surface area contributed by atoms with Gasteiger partial charge in [0.25, 0.3) is 0 Å². The number of furan rings is 1. The standard InChI is InChI=1S/C14H13ClF2O/c1-3-9-4-5-13(18-9)14(15)10-7-11(16)8(2)6-12(10)17/h4-7,14H,3H2,1-2H3. The van der Waals surface area contributed by atoms with Gasteiger partial charge in [-0.3, -0.25) is 0 Å². The Balaban J connectivity index is 2.39. The molecule has 0 aliphatic carbocycles. The van der Waals surface area contributed by atoms with Crippen molar-refractivity contribution >= 4 is 11.6 Å². The van der Waals surface area contributed by atoms with Crippen LogP contribution < -0.4 is 0 Å². The summed E-state index contributed by atoms with van der Waals surface area (Å²) in [5.41, 5.74) is 0.352. The van der Waals surface area contributed by atoms with Gasteiger partial charge >= 0.3 is 0 Å². The van der Waals surface area contributed by atoms with Crippen LogP contribution in [0.15, 0.2) is 28.7 Å². The first-order valence-electron chi connectivity index (χ1n) is 5.71. The monoisotopic (exact) mass is 270 g/mol. The quantitative estimate of drug-likeness (QED) is 0.733. The lowest BCUT2D eigenvalue weighted by Gasteiger charge is -2.10. The summed E-state index contributed by atoms with van der Waals surface area (Å²) in [6, 6.07) is 5.74. The van der Waals surface area contributed by atoms with Crippen LogP contribution in [-0.4, -0.2) is 0 Å². The van der Waals surface area contributed by atoms with Gasteiger partial charge in [0, 0.05) is 12.0 Å². The van der Waals surface area contributed by atoms with Crippen molar-refractivity contribution in [1.29, 1.82) is 0 Å². The highest BCUT2D eigenvalue weighted by Crippen LogP contribution is 2.33. The third-order valence-electron chi connectivity index (χ3n) is 2.83. The zero-order chi connectivity index (χ0) is 13.3. The van der Waals surface area contributed by atoms with Crippen molar-refractivity contribution in [1.82, 2.24) is 0 Å². The number of hydrogen-bond donors (Lipinski definition) is 0. The van der Waals surface area contributed by atoms with Crippen molar-refractivity contribution in [2.24, 2.45) is 0 Å². The molecule has 1 unspecified atom stereocenters. The third-order valence-corrected chi connectivity index (χ3v) is 3.28. The molecule has 0 saturated heterocycles. The van der Waals surface area contributed by atoms with Crippen molar-refractivity contribution in [3.63, 3.8) is 0 Å². The molecule has 1 aromatic heterocycles. The molecule has 4 heteroatoms. The van der Waals surface area contributed by atoms with Crippen LogP contribution in [0.5, 0.6) is 0 Å². The van der Waals surface area contributed by atoms with Gasteiger partial charge in [-0.1, -0.05) is 6.92 Å². The fraction of sp³-hybridized carbons (Fsp3) is 0.286. The summed E-state index contributed by atoms with van der Waals surface area (Å²) in [4.78, 5) is 0. The fourth-order valence-electron chi connectivity index (χ4n) is 1.73. The van der Waals surface area contributed by atoms with Crippen LogP contribution in [0.2, 0.25) is 0 Å². The predicted molar refractivity (Wildman–Crippen MR) is 66.9 cm³/mol.